The number of carbonyl (C=O) groups excluding carboxylic acids is 1. The molecule has 0 amide bonds. The first-order chi connectivity index (χ1) is 19.2. The molecule has 0 saturated carbocycles. The maximum absolute atomic E-state index is 15.0. The number of halogens is 3. The van der Waals surface area contributed by atoms with Gasteiger partial charge in [-0.05, 0) is 49.2 Å². The highest BCUT2D eigenvalue weighted by molar-refractivity contribution is 5.99. The second-order valence-corrected chi connectivity index (χ2v) is 9.10. The normalized spacial score (nSPS) is 11.1. The second-order valence-electron chi connectivity index (χ2n) is 9.10. The Labute approximate surface area is 226 Å². The van der Waals surface area contributed by atoms with Gasteiger partial charge in [-0.15, -0.1) is 0 Å². The van der Waals surface area contributed by atoms with E-state index in [0.29, 0.717) is 33.7 Å². The zero-order chi connectivity index (χ0) is 28.6. The predicted octanol–water partition coefficient (Wildman–Crippen LogP) is 6.25. The van der Waals surface area contributed by atoms with Gasteiger partial charge < -0.3 is 14.5 Å². The molecule has 0 atom stereocenters. The molecule has 0 aliphatic rings. The van der Waals surface area contributed by atoms with E-state index < -0.39 is 28.7 Å². The summed E-state index contributed by atoms with van der Waals surface area (Å²) in [5, 5.41) is 0. The number of methoxy groups -OCH3 is 1. The van der Waals surface area contributed by atoms with Crippen molar-refractivity contribution in [2.45, 2.75) is 20.3 Å². The molecule has 0 spiro atoms. The van der Waals surface area contributed by atoms with Crippen LogP contribution in [-0.4, -0.2) is 27.8 Å². The van der Waals surface area contributed by atoms with E-state index in [1.807, 2.05) is 0 Å². The van der Waals surface area contributed by atoms with Crippen molar-refractivity contribution in [2.75, 3.05) is 7.11 Å². The Kier molecular flexibility index (Phi) is 7.08. The van der Waals surface area contributed by atoms with E-state index >= 15 is 4.39 Å². The van der Waals surface area contributed by atoms with Crippen molar-refractivity contribution in [3.8, 4) is 28.4 Å². The summed E-state index contributed by atoms with van der Waals surface area (Å²) in [7, 11) is 1.51. The summed E-state index contributed by atoms with van der Waals surface area (Å²) in [6.07, 6.45) is 2.72. The molecule has 2 aromatic carbocycles. The zero-order valence-corrected chi connectivity index (χ0v) is 21.6. The molecule has 0 saturated heterocycles. The maximum atomic E-state index is 15.0. The summed E-state index contributed by atoms with van der Waals surface area (Å²) in [4.78, 5) is 38.0. The third kappa shape index (κ3) is 5.03. The van der Waals surface area contributed by atoms with Crippen LogP contribution in [0.4, 0.5) is 13.2 Å². The minimum atomic E-state index is -1.11. The summed E-state index contributed by atoms with van der Waals surface area (Å²) >= 11 is 0. The number of aromatic amines is 1. The molecule has 3 heterocycles. The van der Waals surface area contributed by atoms with E-state index in [2.05, 4.69) is 15.0 Å². The number of pyridine rings is 3. The zero-order valence-electron chi connectivity index (χ0n) is 21.6. The third-order valence-corrected chi connectivity index (χ3v) is 6.40. The highest BCUT2D eigenvalue weighted by atomic mass is 19.2. The standard InChI is InChI=1S/C30H22F3N3O4/c1-15-27(18-5-6-20(31)21(32)12-18)30(38)28(16(2)36-15)24(37)11-17-4-7-25(22(33)10-17)40-26-8-9-34-23-13-19(39-3)14-35-29(23)26/h4-10,12-14H,11H2,1-3H3,(H,36,38). The number of benzene rings is 2. The van der Waals surface area contributed by atoms with Crippen LogP contribution in [-0.2, 0) is 6.42 Å². The van der Waals surface area contributed by atoms with E-state index in [0.717, 1.165) is 18.2 Å². The van der Waals surface area contributed by atoms with Gasteiger partial charge in [-0.2, -0.15) is 0 Å². The van der Waals surface area contributed by atoms with E-state index in [-0.39, 0.29) is 34.6 Å². The number of aryl methyl sites for hydroxylation is 2. The van der Waals surface area contributed by atoms with Crippen LogP contribution in [0.5, 0.6) is 17.2 Å². The fourth-order valence-corrected chi connectivity index (χ4v) is 4.52. The molecule has 5 aromatic rings. The topological polar surface area (TPSA) is 94.2 Å². The minimum Gasteiger partial charge on any atom is -0.495 e. The number of nitrogens with zero attached hydrogens (tertiary/aromatic N) is 2. The summed E-state index contributed by atoms with van der Waals surface area (Å²) in [5.41, 5.74) is 1.35. The quantitative estimate of drug-likeness (QED) is 0.243. The molecule has 0 aliphatic heterocycles. The number of hydrogen-bond acceptors (Lipinski definition) is 6. The van der Waals surface area contributed by atoms with Crippen LogP contribution in [0.15, 0.2) is 65.7 Å². The van der Waals surface area contributed by atoms with Crippen molar-refractivity contribution in [2.24, 2.45) is 0 Å². The number of carbonyl (C=O) groups is 1. The van der Waals surface area contributed by atoms with Crippen molar-refractivity contribution in [1.29, 1.82) is 0 Å². The predicted molar refractivity (Wildman–Crippen MR) is 142 cm³/mol. The Bertz CT molecular complexity index is 1850. The van der Waals surface area contributed by atoms with Crippen LogP contribution in [0.1, 0.15) is 27.3 Å². The first-order valence-corrected chi connectivity index (χ1v) is 12.1. The number of nitrogens with one attached hydrogen (secondary N) is 1. The lowest BCUT2D eigenvalue weighted by Gasteiger charge is -2.13. The lowest BCUT2D eigenvalue weighted by atomic mass is 9.95. The summed E-state index contributed by atoms with van der Waals surface area (Å²) < 4.78 is 53.3. The van der Waals surface area contributed by atoms with E-state index in [1.165, 1.54) is 37.7 Å². The molecule has 0 fully saturated rings. The first-order valence-electron chi connectivity index (χ1n) is 12.1. The van der Waals surface area contributed by atoms with Gasteiger partial charge in [-0.3, -0.25) is 14.6 Å². The number of H-pyrrole nitrogens is 1. The molecule has 7 nitrogen and oxygen atoms in total. The van der Waals surface area contributed by atoms with Crippen LogP contribution in [0.3, 0.4) is 0 Å². The Morgan fingerprint density at radius 1 is 0.900 bits per heavy atom. The minimum absolute atomic E-state index is 0.0542. The van der Waals surface area contributed by atoms with Crippen molar-refractivity contribution < 1.29 is 27.4 Å². The number of Topliss-reactive ketones (excluding diaryl/α,β-unsaturated/α-hetero) is 1. The van der Waals surface area contributed by atoms with Gasteiger partial charge >= 0.3 is 0 Å². The Morgan fingerprint density at radius 2 is 1.70 bits per heavy atom. The molecular weight excluding hydrogens is 523 g/mol. The molecule has 0 bridgehead atoms. The fourth-order valence-electron chi connectivity index (χ4n) is 4.52. The van der Waals surface area contributed by atoms with Crippen molar-refractivity contribution in [1.82, 2.24) is 15.0 Å². The van der Waals surface area contributed by atoms with Crippen molar-refractivity contribution in [3.05, 3.63) is 111 Å². The molecular formula is C30H22F3N3O4. The number of hydrogen-bond donors (Lipinski definition) is 1. The molecule has 0 radical (unpaired) electrons. The Hall–Kier alpha value is -4.99. The lowest BCUT2D eigenvalue weighted by Crippen LogP contribution is -2.23. The summed E-state index contributed by atoms with van der Waals surface area (Å²) in [5.74, 6) is -2.75. The summed E-state index contributed by atoms with van der Waals surface area (Å²) in [6.45, 7) is 3.17. The smallest absolute Gasteiger partial charge is 0.200 e. The molecule has 202 valence electrons. The Morgan fingerprint density at radius 3 is 2.42 bits per heavy atom. The van der Waals surface area contributed by atoms with Gasteiger partial charge in [0, 0.05) is 41.7 Å². The molecule has 10 heteroatoms. The molecule has 3 aromatic heterocycles. The highest BCUT2D eigenvalue weighted by Gasteiger charge is 2.21. The molecule has 5 rings (SSSR count). The van der Waals surface area contributed by atoms with Gasteiger partial charge in [0.1, 0.15) is 11.3 Å². The van der Waals surface area contributed by atoms with Crippen LogP contribution in [0, 0.1) is 31.3 Å². The maximum Gasteiger partial charge on any atom is 0.200 e. The van der Waals surface area contributed by atoms with Crippen molar-refractivity contribution >= 4 is 16.8 Å². The van der Waals surface area contributed by atoms with Gasteiger partial charge in [0.05, 0.1) is 24.4 Å². The Balaban J connectivity index is 1.42. The van der Waals surface area contributed by atoms with Gasteiger partial charge in [-0.1, -0.05) is 12.1 Å². The largest absolute Gasteiger partial charge is 0.495 e. The van der Waals surface area contributed by atoms with Crippen LogP contribution < -0.4 is 14.9 Å². The lowest BCUT2D eigenvalue weighted by molar-refractivity contribution is 0.0991. The number of rotatable bonds is 7. The number of aromatic nitrogens is 3. The molecule has 0 aliphatic carbocycles. The number of fused-ring (bicyclic) bond motifs is 1. The van der Waals surface area contributed by atoms with Crippen LogP contribution in [0.25, 0.3) is 22.2 Å². The average Bonchev–Trinajstić information content (AvgIpc) is 2.91. The average molecular weight is 546 g/mol. The van der Waals surface area contributed by atoms with E-state index in [9.17, 15) is 18.4 Å². The third-order valence-electron chi connectivity index (χ3n) is 6.40. The fraction of sp³-hybridized carbons (Fsp3) is 0.133. The van der Waals surface area contributed by atoms with Crippen LogP contribution in [0.2, 0.25) is 0 Å². The number of ketones is 1. The van der Waals surface area contributed by atoms with E-state index in [1.54, 1.807) is 26.0 Å². The highest BCUT2D eigenvalue weighted by Crippen LogP contribution is 2.31. The molecule has 40 heavy (non-hydrogen) atoms. The SMILES string of the molecule is COc1cnc2c(Oc3ccc(CC(=O)c4c(C)[nH]c(C)c(-c5ccc(F)c(F)c5)c4=O)cc3F)ccnc2c1. The van der Waals surface area contributed by atoms with Gasteiger partial charge in [0.15, 0.2) is 34.7 Å². The second kappa shape index (κ2) is 10.6. The van der Waals surface area contributed by atoms with E-state index in [4.69, 9.17) is 9.47 Å². The van der Waals surface area contributed by atoms with Crippen LogP contribution >= 0.6 is 0 Å². The first kappa shape index (κ1) is 26.6. The number of ether oxygens (including phenoxy) is 2. The summed E-state index contributed by atoms with van der Waals surface area (Å²) in [6, 6.07) is 10.4. The van der Waals surface area contributed by atoms with Gasteiger partial charge in [0.2, 0.25) is 5.43 Å². The van der Waals surface area contributed by atoms with Gasteiger partial charge in [0.25, 0.3) is 0 Å². The molecule has 0 unspecified atom stereocenters. The van der Waals surface area contributed by atoms with Gasteiger partial charge in [-0.25, -0.2) is 18.2 Å². The van der Waals surface area contributed by atoms with Crippen molar-refractivity contribution in [3.63, 3.8) is 0 Å². The molecule has 1 N–H and O–H groups in total. The monoisotopic (exact) mass is 545 g/mol.